The summed E-state index contributed by atoms with van der Waals surface area (Å²) in [5.74, 6) is -0.771. The van der Waals surface area contributed by atoms with Crippen LogP contribution >= 0.6 is 0 Å². The Hall–Kier alpha value is -3.03. The molecule has 1 heterocycles. The van der Waals surface area contributed by atoms with E-state index in [-0.39, 0.29) is 23.6 Å². The van der Waals surface area contributed by atoms with Crippen molar-refractivity contribution in [3.8, 4) is 11.3 Å². The van der Waals surface area contributed by atoms with Gasteiger partial charge in [-0.2, -0.15) is 5.10 Å². The van der Waals surface area contributed by atoms with Gasteiger partial charge in [0.25, 0.3) is 11.2 Å². The van der Waals surface area contributed by atoms with Gasteiger partial charge in [-0.05, 0) is 13.0 Å². The Morgan fingerprint density at radius 2 is 2.19 bits per heavy atom. The van der Waals surface area contributed by atoms with Gasteiger partial charge in [-0.3, -0.25) is 14.9 Å². The molecule has 1 aromatic carbocycles. The van der Waals surface area contributed by atoms with Crippen LogP contribution in [0.25, 0.3) is 11.3 Å². The maximum Gasteiger partial charge on any atom is 0.343 e. The largest absolute Gasteiger partial charge is 0.462 e. The Labute approximate surface area is 118 Å². The second kappa shape index (κ2) is 5.95. The van der Waals surface area contributed by atoms with Gasteiger partial charge in [0.2, 0.25) is 0 Å². The number of carbonyl (C=O) groups excluding carboxylic acids is 1. The van der Waals surface area contributed by atoms with E-state index in [1.165, 1.54) is 24.3 Å². The molecule has 0 fully saturated rings. The van der Waals surface area contributed by atoms with Crippen molar-refractivity contribution in [2.75, 3.05) is 6.61 Å². The van der Waals surface area contributed by atoms with Gasteiger partial charge < -0.3 is 4.74 Å². The Morgan fingerprint density at radius 3 is 2.86 bits per heavy atom. The van der Waals surface area contributed by atoms with E-state index in [0.29, 0.717) is 5.56 Å². The number of nitro groups is 1. The number of H-pyrrole nitrogens is 1. The van der Waals surface area contributed by atoms with Crippen LogP contribution in [0.4, 0.5) is 5.69 Å². The fraction of sp³-hybridized carbons (Fsp3) is 0.154. The van der Waals surface area contributed by atoms with Crippen molar-refractivity contribution in [3.63, 3.8) is 0 Å². The van der Waals surface area contributed by atoms with E-state index in [1.807, 2.05) is 0 Å². The van der Waals surface area contributed by atoms with E-state index in [2.05, 4.69) is 10.2 Å². The van der Waals surface area contributed by atoms with E-state index in [0.717, 1.165) is 0 Å². The number of aromatic nitrogens is 2. The summed E-state index contributed by atoms with van der Waals surface area (Å²) in [7, 11) is 0. The molecule has 108 valence electrons. The van der Waals surface area contributed by atoms with Gasteiger partial charge in [0.05, 0.1) is 17.2 Å². The number of nitrogens with one attached hydrogen (secondary N) is 1. The summed E-state index contributed by atoms with van der Waals surface area (Å²) >= 11 is 0. The highest BCUT2D eigenvalue weighted by Crippen LogP contribution is 2.21. The van der Waals surface area contributed by atoms with Gasteiger partial charge in [0.15, 0.2) is 0 Å². The van der Waals surface area contributed by atoms with Gasteiger partial charge in [0.1, 0.15) is 5.56 Å². The monoisotopic (exact) mass is 289 g/mol. The quantitative estimate of drug-likeness (QED) is 0.518. The highest BCUT2D eigenvalue weighted by molar-refractivity contribution is 5.90. The summed E-state index contributed by atoms with van der Waals surface area (Å²) in [6.45, 7) is 1.75. The fourth-order valence-corrected chi connectivity index (χ4v) is 1.69. The predicted molar refractivity (Wildman–Crippen MR) is 72.9 cm³/mol. The fourth-order valence-electron chi connectivity index (χ4n) is 1.69. The van der Waals surface area contributed by atoms with Gasteiger partial charge in [-0.1, -0.05) is 12.1 Å². The molecule has 0 radical (unpaired) electrons. The number of hydrogen-bond acceptors (Lipinski definition) is 6. The van der Waals surface area contributed by atoms with E-state index in [4.69, 9.17) is 4.74 Å². The van der Waals surface area contributed by atoms with Crippen molar-refractivity contribution < 1.29 is 14.5 Å². The van der Waals surface area contributed by atoms with Crippen LogP contribution in [0.5, 0.6) is 0 Å². The summed E-state index contributed by atoms with van der Waals surface area (Å²) in [5.41, 5.74) is -0.346. The van der Waals surface area contributed by atoms with Crippen molar-refractivity contribution in [2.24, 2.45) is 0 Å². The molecule has 0 atom stereocenters. The molecular formula is C13H11N3O5. The SMILES string of the molecule is CCOC(=O)c1cc(-c2cccc([N+](=O)[O-])c2)n[nH]c1=O. The number of hydrogen-bond donors (Lipinski definition) is 1. The number of esters is 1. The topological polar surface area (TPSA) is 115 Å². The molecule has 0 aliphatic heterocycles. The first kappa shape index (κ1) is 14.4. The molecule has 2 rings (SSSR count). The highest BCUT2D eigenvalue weighted by atomic mass is 16.6. The molecule has 0 spiro atoms. The van der Waals surface area contributed by atoms with E-state index in [9.17, 15) is 19.7 Å². The lowest BCUT2D eigenvalue weighted by Crippen LogP contribution is -2.21. The smallest absolute Gasteiger partial charge is 0.343 e. The molecule has 1 N–H and O–H groups in total. The lowest BCUT2D eigenvalue weighted by Gasteiger charge is -2.04. The number of benzene rings is 1. The van der Waals surface area contributed by atoms with Crippen molar-refractivity contribution in [1.82, 2.24) is 10.2 Å². The van der Waals surface area contributed by atoms with Crippen LogP contribution in [-0.2, 0) is 4.74 Å². The molecule has 0 aliphatic carbocycles. The van der Waals surface area contributed by atoms with Gasteiger partial charge in [0, 0.05) is 17.7 Å². The first-order chi connectivity index (χ1) is 10.0. The normalized spacial score (nSPS) is 10.1. The maximum atomic E-state index is 11.6. The van der Waals surface area contributed by atoms with Crippen molar-refractivity contribution in [2.45, 2.75) is 6.92 Å². The molecule has 0 amide bonds. The molecule has 0 saturated carbocycles. The third-order valence-electron chi connectivity index (χ3n) is 2.65. The average molecular weight is 289 g/mol. The van der Waals surface area contributed by atoms with Crippen LogP contribution in [0.1, 0.15) is 17.3 Å². The molecule has 8 heteroatoms. The summed E-state index contributed by atoms with van der Waals surface area (Å²) in [4.78, 5) is 33.4. The molecule has 0 unspecified atom stereocenters. The molecule has 2 aromatic rings. The second-order valence-electron chi connectivity index (χ2n) is 4.02. The van der Waals surface area contributed by atoms with Crippen LogP contribution in [0, 0.1) is 10.1 Å². The first-order valence-electron chi connectivity index (χ1n) is 6.04. The average Bonchev–Trinajstić information content (AvgIpc) is 2.48. The molecule has 1 aromatic heterocycles. The molecule has 0 saturated heterocycles. The number of nitro benzene ring substituents is 1. The minimum atomic E-state index is -0.771. The second-order valence-corrected chi connectivity index (χ2v) is 4.02. The predicted octanol–water partition coefficient (Wildman–Crippen LogP) is 1.52. The first-order valence-corrected chi connectivity index (χ1v) is 6.04. The van der Waals surface area contributed by atoms with Crippen LogP contribution in [-0.4, -0.2) is 27.7 Å². The zero-order valence-electron chi connectivity index (χ0n) is 11.0. The number of aromatic amines is 1. The number of carbonyl (C=O) groups is 1. The molecule has 21 heavy (non-hydrogen) atoms. The standard InChI is InChI=1S/C13H11N3O5/c1-2-21-13(18)10-7-11(14-15-12(10)17)8-4-3-5-9(6-8)16(19)20/h3-7H,2H2,1H3,(H,15,17). The van der Waals surface area contributed by atoms with Gasteiger partial charge in [-0.15, -0.1) is 0 Å². The van der Waals surface area contributed by atoms with Crippen molar-refractivity contribution in [3.05, 3.63) is 56.4 Å². The van der Waals surface area contributed by atoms with Crippen LogP contribution in [0.3, 0.4) is 0 Å². The van der Waals surface area contributed by atoms with Crippen molar-refractivity contribution >= 4 is 11.7 Å². The third-order valence-corrected chi connectivity index (χ3v) is 2.65. The minimum absolute atomic E-state index is 0.113. The lowest BCUT2D eigenvalue weighted by atomic mass is 10.1. The summed E-state index contributed by atoms with van der Waals surface area (Å²) in [5, 5.41) is 16.7. The molecular weight excluding hydrogens is 278 g/mol. The maximum absolute atomic E-state index is 11.6. The van der Waals surface area contributed by atoms with Crippen LogP contribution in [0.2, 0.25) is 0 Å². The van der Waals surface area contributed by atoms with E-state index < -0.39 is 16.5 Å². The summed E-state index contributed by atoms with van der Waals surface area (Å²) in [6, 6.07) is 6.96. The Balaban J connectivity index is 2.48. The summed E-state index contributed by atoms with van der Waals surface area (Å²) < 4.78 is 4.77. The Bertz CT molecular complexity index is 753. The number of rotatable bonds is 4. The number of ether oxygens (including phenoxy) is 1. The Kier molecular flexibility index (Phi) is 4.07. The minimum Gasteiger partial charge on any atom is -0.462 e. The van der Waals surface area contributed by atoms with Crippen LogP contribution in [0.15, 0.2) is 35.1 Å². The highest BCUT2D eigenvalue weighted by Gasteiger charge is 2.15. The van der Waals surface area contributed by atoms with E-state index >= 15 is 0 Å². The van der Waals surface area contributed by atoms with Gasteiger partial charge in [-0.25, -0.2) is 9.89 Å². The number of nitrogens with zero attached hydrogens (tertiary/aromatic N) is 2. The van der Waals surface area contributed by atoms with Gasteiger partial charge >= 0.3 is 5.97 Å². The zero-order valence-corrected chi connectivity index (χ0v) is 11.0. The molecule has 0 aliphatic rings. The zero-order chi connectivity index (χ0) is 15.4. The van der Waals surface area contributed by atoms with E-state index in [1.54, 1.807) is 13.0 Å². The van der Waals surface area contributed by atoms with Crippen molar-refractivity contribution in [1.29, 1.82) is 0 Å². The van der Waals surface area contributed by atoms with Crippen LogP contribution < -0.4 is 5.56 Å². The molecule has 8 nitrogen and oxygen atoms in total. The Morgan fingerprint density at radius 1 is 1.43 bits per heavy atom. The lowest BCUT2D eigenvalue weighted by molar-refractivity contribution is -0.384. The number of non-ortho nitro benzene ring substituents is 1. The molecule has 0 bridgehead atoms. The third kappa shape index (κ3) is 3.11. The summed E-state index contributed by atoms with van der Waals surface area (Å²) in [6.07, 6.45) is 0.